The second kappa shape index (κ2) is 8.73. The quantitative estimate of drug-likeness (QED) is 0.581. The predicted molar refractivity (Wildman–Crippen MR) is 97.6 cm³/mol. The van der Waals surface area contributed by atoms with E-state index in [1.165, 1.54) is 12.1 Å². The van der Waals surface area contributed by atoms with Gasteiger partial charge in [0.15, 0.2) is 24.1 Å². The molecule has 0 amide bonds. The lowest BCUT2D eigenvalue weighted by atomic mass is 10.2. The molecule has 1 heterocycles. The summed E-state index contributed by atoms with van der Waals surface area (Å²) in [6, 6.07) is 12.1. The van der Waals surface area contributed by atoms with Gasteiger partial charge in [0.2, 0.25) is 6.79 Å². The Kier molecular flexibility index (Phi) is 6.13. The minimum atomic E-state index is -4.35. The second-order valence-corrected chi connectivity index (χ2v) is 6.01. The number of guanidine groups is 1. The molecule has 0 spiro atoms. The van der Waals surface area contributed by atoms with Gasteiger partial charge in [0.1, 0.15) is 5.75 Å². The van der Waals surface area contributed by atoms with Crippen LogP contribution in [0.2, 0.25) is 0 Å². The number of nitrogens with one attached hydrogen (secondary N) is 2. The van der Waals surface area contributed by atoms with Gasteiger partial charge in [-0.15, -0.1) is 0 Å². The molecule has 2 N–H and O–H groups in total. The van der Waals surface area contributed by atoms with E-state index in [1.54, 1.807) is 19.2 Å². The van der Waals surface area contributed by atoms with Crippen LogP contribution in [0.3, 0.4) is 0 Å². The van der Waals surface area contributed by atoms with E-state index in [0.29, 0.717) is 19.0 Å². The normalized spacial score (nSPS) is 13.4. The third-order valence-corrected chi connectivity index (χ3v) is 3.91. The fourth-order valence-electron chi connectivity index (χ4n) is 2.51. The maximum absolute atomic E-state index is 12.2. The van der Waals surface area contributed by atoms with Crippen molar-refractivity contribution in [2.75, 3.05) is 20.4 Å². The molecule has 0 unspecified atom stereocenters. The van der Waals surface area contributed by atoms with Gasteiger partial charge in [0.05, 0.1) is 0 Å². The molecule has 0 atom stereocenters. The van der Waals surface area contributed by atoms with Gasteiger partial charge in [-0.2, -0.15) is 13.2 Å². The van der Waals surface area contributed by atoms with Crippen LogP contribution < -0.4 is 24.8 Å². The third-order valence-electron chi connectivity index (χ3n) is 3.91. The number of alkyl halides is 3. The molecule has 6 nitrogen and oxygen atoms in total. The number of ether oxygens (including phenoxy) is 3. The zero-order valence-electron chi connectivity index (χ0n) is 15.2. The number of nitrogens with zero attached hydrogens (tertiary/aromatic N) is 1. The van der Waals surface area contributed by atoms with Crippen LogP contribution in [-0.2, 0) is 13.1 Å². The van der Waals surface area contributed by atoms with Crippen molar-refractivity contribution in [1.82, 2.24) is 10.6 Å². The summed E-state index contributed by atoms with van der Waals surface area (Å²) in [5.41, 5.74) is 1.89. The van der Waals surface area contributed by atoms with Crippen molar-refractivity contribution in [1.29, 1.82) is 0 Å². The standard InChI is InChI=1S/C19H20F3N3O3/c1-23-18(25-10-14-4-7-16-17(8-14)28-12-27-16)24-9-13-2-5-15(6-3-13)26-11-19(20,21)22/h2-8H,9-12H2,1H3,(H2,23,24,25). The largest absolute Gasteiger partial charge is 0.484 e. The van der Waals surface area contributed by atoms with Crippen molar-refractivity contribution in [3.63, 3.8) is 0 Å². The summed E-state index contributed by atoms with van der Waals surface area (Å²) in [6.45, 7) is -0.0720. The van der Waals surface area contributed by atoms with E-state index >= 15 is 0 Å². The maximum atomic E-state index is 12.2. The lowest BCUT2D eigenvalue weighted by Gasteiger charge is -2.13. The van der Waals surface area contributed by atoms with E-state index in [9.17, 15) is 13.2 Å². The first kappa shape index (κ1) is 19.7. The van der Waals surface area contributed by atoms with E-state index in [4.69, 9.17) is 14.2 Å². The van der Waals surface area contributed by atoms with Crippen LogP contribution in [0.1, 0.15) is 11.1 Å². The van der Waals surface area contributed by atoms with Crippen LogP contribution in [0, 0.1) is 0 Å². The summed E-state index contributed by atoms with van der Waals surface area (Å²) < 4.78 is 51.8. The molecular weight excluding hydrogens is 375 g/mol. The number of hydrogen-bond donors (Lipinski definition) is 2. The molecule has 2 aromatic rings. The molecule has 3 rings (SSSR count). The van der Waals surface area contributed by atoms with Crippen LogP contribution in [0.15, 0.2) is 47.5 Å². The van der Waals surface area contributed by atoms with Gasteiger partial charge in [-0.1, -0.05) is 18.2 Å². The van der Waals surface area contributed by atoms with Gasteiger partial charge < -0.3 is 24.8 Å². The summed E-state index contributed by atoms with van der Waals surface area (Å²) in [4.78, 5) is 4.15. The highest BCUT2D eigenvalue weighted by Crippen LogP contribution is 2.32. The van der Waals surface area contributed by atoms with Crippen molar-refractivity contribution in [2.45, 2.75) is 19.3 Å². The summed E-state index contributed by atoms with van der Waals surface area (Å²) in [7, 11) is 1.66. The van der Waals surface area contributed by atoms with Crippen molar-refractivity contribution in [2.24, 2.45) is 4.99 Å². The molecule has 0 fully saturated rings. The predicted octanol–water partition coefficient (Wildman–Crippen LogP) is 3.22. The zero-order valence-corrected chi connectivity index (χ0v) is 15.2. The summed E-state index contributed by atoms with van der Waals surface area (Å²) in [5.74, 6) is 2.21. The number of hydrogen-bond acceptors (Lipinski definition) is 4. The Hall–Kier alpha value is -3.10. The zero-order chi connectivity index (χ0) is 20.0. The molecule has 1 aliphatic heterocycles. The molecule has 0 aromatic heterocycles. The smallest absolute Gasteiger partial charge is 0.422 e. The molecule has 1 aliphatic rings. The highest BCUT2D eigenvalue weighted by Gasteiger charge is 2.28. The molecule has 150 valence electrons. The molecule has 2 aromatic carbocycles. The number of aliphatic imine (C=N–C) groups is 1. The lowest BCUT2D eigenvalue weighted by Crippen LogP contribution is -2.36. The van der Waals surface area contributed by atoms with Gasteiger partial charge in [-0.05, 0) is 35.4 Å². The first-order chi connectivity index (χ1) is 13.4. The molecule has 0 saturated carbocycles. The monoisotopic (exact) mass is 395 g/mol. The Labute approximate surface area is 160 Å². The van der Waals surface area contributed by atoms with Gasteiger partial charge in [0.25, 0.3) is 0 Å². The Morgan fingerprint density at radius 2 is 1.64 bits per heavy atom. The molecule has 0 radical (unpaired) electrons. The Balaban J connectivity index is 1.46. The minimum absolute atomic E-state index is 0.173. The van der Waals surface area contributed by atoms with E-state index in [0.717, 1.165) is 22.6 Å². The molecule has 0 bridgehead atoms. The molecule has 9 heteroatoms. The van der Waals surface area contributed by atoms with E-state index < -0.39 is 12.8 Å². The fraction of sp³-hybridized carbons (Fsp3) is 0.316. The average Bonchev–Trinajstić information content (AvgIpc) is 3.14. The fourth-order valence-corrected chi connectivity index (χ4v) is 2.51. The first-order valence-electron chi connectivity index (χ1n) is 8.54. The number of rotatable bonds is 6. The Morgan fingerprint density at radius 1 is 1.00 bits per heavy atom. The van der Waals surface area contributed by atoms with E-state index in [1.807, 2.05) is 18.2 Å². The van der Waals surface area contributed by atoms with Crippen LogP contribution >= 0.6 is 0 Å². The van der Waals surface area contributed by atoms with Crippen LogP contribution in [0.25, 0.3) is 0 Å². The van der Waals surface area contributed by atoms with Gasteiger partial charge in [-0.3, -0.25) is 4.99 Å². The molecule has 0 aliphatic carbocycles. The number of fused-ring (bicyclic) bond motifs is 1. The molecule has 0 saturated heterocycles. The highest BCUT2D eigenvalue weighted by atomic mass is 19.4. The van der Waals surface area contributed by atoms with Crippen LogP contribution in [0.4, 0.5) is 13.2 Å². The number of halogens is 3. The second-order valence-electron chi connectivity index (χ2n) is 6.01. The summed E-state index contributed by atoms with van der Waals surface area (Å²) in [6.07, 6.45) is -4.35. The molecule has 28 heavy (non-hydrogen) atoms. The third kappa shape index (κ3) is 5.70. The van der Waals surface area contributed by atoms with Gasteiger partial charge >= 0.3 is 6.18 Å². The van der Waals surface area contributed by atoms with Gasteiger partial charge in [-0.25, -0.2) is 0 Å². The van der Waals surface area contributed by atoms with Crippen molar-refractivity contribution >= 4 is 5.96 Å². The highest BCUT2D eigenvalue weighted by molar-refractivity contribution is 5.79. The van der Waals surface area contributed by atoms with Crippen molar-refractivity contribution in [3.05, 3.63) is 53.6 Å². The maximum Gasteiger partial charge on any atom is 0.422 e. The van der Waals surface area contributed by atoms with E-state index in [-0.39, 0.29) is 12.5 Å². The Morgan fingerprint density at radius 3 is 2.32 bits per heavy atom. The Bertz CT molecular complexity index is 823. The summed E-state index contributed by atoms with van der Waals surface area (Å²) >= 11 is 0. The lowest BCUT2D eigenvalue weighted by molar-refractivity contribution is -0.153. The minimum Gasteiger partial charge on any atom is -0.484 e. The SMILES string of the molecule is CN=C(NCc1ccc(OCC(F)(F)F)cc1)NCc1ccc2c(c1)OCO2. The molecular formula is C19H20F3N3O3. The van der Waals surface area contributed by atoms with E-state index in [2.05, 4.69) is 15.6 Å². The van der Waals surface area contributed by atoms with Crippen LogP contribution in [-0.4, -0.2) is 32.6 Å². The first-order valence-corrected chi connectivity index (χ1v) is 8.54. The van der Waals surface area contributed by atoms with Crippen molar-refractivity contribution in [3.8, 4) is 17.2 Å². The van der Waals surface area contributed by atoms with Crippen molar-refractivity contribution < 1.29 is 27.4 Å². The van der Waals surface area contributed by atoms with Gasteiger partial charge in [0, 0.05) is 20.1 Å². The topological polar surface area (TPSA) is 64.1 Å². The average molecular weight is 395 g/mol. The number of benzene rings is 2. The van der Waals surface area contributed by atoms with Crippen LogP contribution in [0.5, 0.6) is 17.2 Å². The summed E-state index contributed by atoms with van der Waals surface area (Å²) in [5, 5.41) is 6.33.